The van der Waals surface area contributed by atoms with Crippen molar-refractivity contribution in [3.05, 3.63) is 29.8 Å². The molecule has 110 valence electrons. The fourth-order valence-electron chi connectivity index (χ4n) is 2.73. The molecular weight excluding hydrogens is 254 g/mol. The minimum absolute atomic E-state index is 0.0859. The summed E-state index contributed by atoms with van der Waals surface area (Å²) in [6, 6.07) is 7.61. The van der Waals surface area contributed by atoms with Crippen LogP contribution in [0.15, 0.2) is 24.3 Å². The third kappa shape index (κ3) is 4.23. The highest BCUT2D eigenvalue weighted by Crippen LogP contribution is 2.30. The molecule has 1 saturated carbocycles. The molecule has 0 heterocycles. The van der Waals surface area contributed by atoms with Gasteiger partial charge in [-0.2, -0.15) is 0 Å². The van der Waals surface area contributed by atoms with Gasteiger partial charge >= 0.3 is 0 Å². The van der Waals surface area contributed by atoms with Crippen molar-refractivity contribution in [3.8, 4) is 5.75 Å². The molecular formula is C16H23NO3. The van der Waals surface area contributed by atoms with Gasteiger partial charge in [-0.15, -0.1) is 0 Å². The van der Waals surface area contributed by atoms with Gasteiger partial charge in [-0.1, -0.05) is 31.4 Å². The molecule has 2 N–H and O–H groups in total. The van der Waals surface area contributed by atoms with Crippen molar-refractivity contribution in [2.75, 3.05) is 7.11 Å². The van der Waals surface area contributed by atoms with Crippen LogP contribution in [-0.2, 0) is 11.3 Å². The van der Waals surface area contributed by atoms with Crippen molar-refractivity contribution in [1.82, 2.24) is 5.32 Å². The summed E-state index contributed by atoms with van der Waals surface area (Å²) in [6.07, 6.45) is 4.86. The van der Waals surface area contributed by atoms with Crippen LogP contribution in [0.4, 0.5) is 0 Å². The predicted octanol–water partition coefficient (Wildman–Crippen LogP) is 2.40. The van der Waals surface area contributed by atoms with Crippen LogP contribution in [0.2, 0.25) is 0 Å². The van der Waals surface area contributed by atoms with Crippen molar-refractivity contribution in [2.24, 2.45) is 0 Å². The van der Waals surface area contributed by atoms with Gasteiger partial charge in [0.1, 0.15) is 5.75 Å². The Hall–Kier alpha value is -1.55. The normalized spacial score (nSPS) is 17.5. The Morgan fingerprint density at radius 3 is 2.80 bits per heavy atom. The van der Waals surface area contributed by atoms with E-state index < -0.39 is 5.60 Å². The first-order chi connectivity index (χ1) is 9.61. The molecule has 20 heavy (non-hydrogen) atoms. The number of benzene rings is 1. The second-order valence-corrected chi connectivity index (χ2v) is 5.59. The van der Waals surface area contributed by atoms with Crippen molar-refractivity contribution in [2.45, 2.75) is 50.7 Å². The monoisotopic (exact) mass is 277 g/mol. The van der Waals surface area contributed by atoms with Crippen molar-refractivity contribution in [1.29, 1.82) is 0 Å². The summed E-state index contributed by atoms with van der Waals surface area (Å²) in [5.74, 6) is 0.694. The van der Waals surface area contributed by atoms with Gasteiger partial charge in [0.2, 0.25) is 5.91 Å². The number of amides is 1. The second-order valence-electron chi connectivity index (χ2n) is 5.59. The number of carbonyl (C=O) groups excluding carboxylic acids is 1. The zero-order valence-corrected chi connectivity index (χ0v) is 12.0. The van der Waals surface area contributed by atoms with E-state index in [0.29, 0.717) is 6.54 Å². The van der Waals surface area contributed by atoms with Crippen molar-refractivity contribution >= 4 is 5.91 Å². The predicted molar refractivity (Wildman–Crippen MR) is 77.5 cm³/mol. The number of ether oxygens (including phenoxy) is 1. The van der Waals surface area contributed by atoms with Crippen molar-refractivity contribution < 1.29 is 14.6 Å². The first-order valence-electron chi connectivity index (χ1n) is 7.23. The van der Waals surface area contributed by atoms with E-state index in [0.717, 1.165) is 43.4 Å². The van der Waals surface area contributed by atoms with Gasteiger partial charge < -0.3 is 15.2 Å². The molecule has 0 aromatic heterocycles. The molecule has 2 rings (SSSR count). The molecule has 1 aromatic rings. The summed E-state index contributed by atoms with van der Waals surface area (Å²) in [4.78, 5) is 11.9. The molecule has 0 aliphatic heterocycles. The highest BCUT2D eigenvalue weighted by molar-refractivity contribution is 5.77. The Morgan fingerprint density at radius 1 is 1.35 bits per heavy atom. The van der Waals surface area contributed by atoms with Gasteiger partial charge in [-0.25, -0.2) is 0 Å². The zero-order valence-electron chi connectivity index (χ0n) is 12.0. The molecule has 1 amide bonds. The van der Waals surface area contributed by atoms with Gasteiger partial charge in [-0.3, -0.25) is 4.79 Å². The Kier molecular flexibility index (Phi) is 5.01. The number of carbonyl (C=O) groups is 1. The number of rotatable bonds is 5. The molecule has 0 atom stereocenters. The van der Waals surface area contributed by atoms with E-state index >= 15 is 0 Å². The highest BCUT2D eigenvalue weighted by Gasteiger charge is 2.31. The van der Waals surface area contributed by atoms with E-state index in [4.69, 9.17) is 4.74 Å². The molecule has 4 nitrogen and oxygen atoms in total. The van der Waals surface area contributed by atoms with E-state index in [9.17, 15) is 9.90 Å². The summed E-state index contributed by atoms with van der Waals surface area (Å²) in [5, 5.41) is 13.2. The van der Waals surface area contributed by atoms with E-state index in [2.05, 4.69) is 5.32 Å². The van der Waals surface area contributed by atoms with Gasteiger partial charge in [0, 0.05) is 6.54 Å². The molecule has 1 aromatic carbocycles. The third-order valence-electron chi connectivity index (χ3n) is 3.90. The van der Waals surface area contributed by atoms with Crippen LogP contribution in [0.1, 0.15) is 44.1 Å². The third-order valence-corrected chi connectivity index (χ3v) is 3.90. The molecule has 0 radical (unpaired) electrons. The lowest BCUT2D eigenvalue weighted by Crippen LogP contribution is -2.38. The highest BCUT2D eigenvalue weighted by atomic mass is 16.5. The van der Waals surface area contributed by atoms with E-state index in [1.54, 1.807) is 7.11 Å². The minimum atomic E-state index is -0.795. The molecule has 1 fully saturated rings. The molecule has 0 unspecified atom stereocenters. The maximum atomic E-state index is 11.9. The average Bonchev–Trinajstić information content (AvgIpc) is 2.45. The van der Waals surface area contributed by atoms with E-state index in [1.165, 1.54) is 0 Å². The number of aliphatic hydroxyl groups is 1. The Bertz CT molecular complexity index is 453. The first-order valence-corrected chi connectivity index (χ1v) is 7.23. The van der Waals surface area contributed by atoms with Crippen LogP contribution >= 0.6 is 0 Å². The van der Waals surface area contributed by atoms with Crippen LogP contribution in [0, 0.1) is 0 Å². The molecule has 1 aliphatic carbocycles. The number of nitrogens with one attached hydrogen (secondary N) is 1. The first kappa shape index (κ1) is 14.9. The van der Waals surface area contributed by atoms with Crippen LogP contribution < -0.4 is 10.1 Å². The molecule has 4 heteroatoms. The summed E-state index contributed by atoms with van der Waals surface area (Å²) in [6.45, 7) is 0.464. The van der Waals surface area contributed by atoms with E-state index in [-0.39, 0.29) is 12.3 Å². The van der Waals surface area contributed by atoms with Crippen molar-refractivity contribution in [3.63, 3.8) is 0 Å². The quantitative estimate of drug-likeness (QED) is 0.869. The second kappa shape index (κ2) is 6.75. The number of hydrogen-bond acceptors (Lipinski definition) is 3. The van der Waals surface area contributed by atoms with Gasteiger partial charge in [0.25, 0.3) is 0 Å². The fourth-order valence-corrected chi connectivity index (χ4v) is 2.73. The Balaban J connectivity index is 1.82. The summed E-state index contributed by atoms with van der Waals surface area (Å²) >= 11 is 0. The lowest BCUT2D eigenvalue weighted by molar-refractivity contribution is -0.127. The fraction of sp³-hybridized carbons (Fsp3) is 0.562. The largest absolute Gasteiger partial charge is 0.497 e. The van der Waals surface area contributed by atoms with Gasteiger partial charge in [-0.05, 0) is 30.5 Å². The summed E-state index contributed by atoms with van der Waals surface area (Å²) < 4.78 is 5.15. The Morgan fingerprint density at radius 2 is 2.10 bits per heavy atom. The van der Waals surface area contributed by atoms with Crippen LogP contribution in [0.3, 0.4) is 0 Å². The maximum Gasteiger partial charge on any atom is 0.223 e. The minimum Gasteiger partial charge on any atom is -0.497 e. The van der Waals surface area contributed by atoms with Crippen LogP contribution in [-0.4, -0.2) is 23.7 Å². The smallest absolute Gasteiger partial charge is 0.223 e. The van der Waals surface area contributed by atoms with E-state index in [1.807, 2.05) is 24.3 Å². The number of methoxy groups -OCH3 is 1. The summed E-state index contributed by atoms with van der Waals surface area (Å²) in [7, 11) is 1.62. The summed E-state index contributed by atoms with van der Waals surface area (Å²) in [5.41, 5.74) is 0.199. The number of hydrogen-bond donors (Lipinski definition) is 2. The lowest BCUT2D eigenvalue weighted by atomic mass is 9.82. The van der Waals surface area contributed by atoms with Gasteiger partial charge in [0.05, 0.1) is 19.1 Å². The molecule has 0 bridgehead atoms. The van der Waals surface area contributed by atoms with Crippen LogP contribution in [0.5, 0.6) is 5.75 Å². The Labute approximate surface area is 120 Å². The van der Waals surface area contributed by atoms with Crippen LogP contribution in [0.25, 0.3) is 0 Å². The van der Waals surface area contributed by atoms with Gasteiger partial charge in [0.15, 0.2) is 0 Å². The SMILES string of the molecule is COc1cccc(CNC(=O)CC2(O)CCCCC2)c1. The lowest BCUT2D eigenvalue weighted by Gasteiger charge is -2.31. The molecule has 1 aliphatic rings. The standard InChI is InChI=1S/C16H23NO3/c1-20-14-7-5-6-13(10-14)12-17-15(18)11-16(19)8-3-2-4-9-16/h5-7,10,19H,2-4,8-9,11-12H2,1H3,(H,17,18). The maximum absolute atomic E-state index is 11.9. The average molecular weight is 277 g/mol. The molecule has 0 spiro atoms. The zero-order chi connectivity index (χ0) is 14.4. The topological polar surface area (TPSA) is 58.6 Å². The molecule has 0 saturated heterocycles.